The number of carbonyl (C=O) groups excluding carboxylic acids is 1. The first-order valence-electron chi connectivity index (χ1n) is 13.1. The zero-order valence-corrected chi connectivity index (χ0v) is 21.6. The molecule has 0 bridgehead atoms. The number of nitrogens with one attached hydrogen (secondary N) is 2. The van der Waals surface area contributed by atoms with Gasteiger partial charge in [-0.05, 0) is 25.0 Å². The number of hydrogen-bond donors (Lipinski definition) is 2. The van der Waals surface area contributed by atoms with Gasteiger partial charge in [-0.1, -0.05) is 93.0 Å². The summed E-state index contributed by atoms with van der Waals surface area (Å²) in [6.45, 7) is 4.67. The molecule has 0 spiro atoms. The Balaban J connectivity index is 1.38. The fourth-order valence-electron chi connectivity index (χ4n) is 4.25. The van der Waals surface area contributed by atoms with Crippen molar-refractivity contribution in [2.45, 2.75) is 89.9 Å². The number of aromatic nitrogens is 1. The van der Waals surface area contributed by atoms with E-state index in [4.69, 9.17) is 0 Å². The van der Waals surface area contributed by atoms with Crippen molar-refractivity contribution in [3.8, 4) is 0 Å². The Hall–Kier alpha value is -1.14. The number of alkyl halides is 1. The molecule has 0 saturated carbocycles. The van der Waals surface area contributed by atoms with Crippen LogP contribution < -0.4 is 15.5 Å². The van der Waals surface area contributed by atoms with Gasteiger partial charge in [0.25, 0.3) is 5.91 Å². The monoisotopic (exact) mass is 508 g/mol. The minimum absolute atomic E-state index is 0.00696. The predicted octanol–water partition coefficient (Wildman–Crippen LogP) is 6.08. The second-order valence-electron chi connectivity index (χ2n) is 9.04. The summed E-state index contributed by atoms with van der Waals surface area (Å²) in [7, 11) is 0. The molecule has 5 nitrogen and oxygen atoms in total. The van der Waals surface area contributed by atoms with Crippen LogP contribution in [0.15, 0.2) is 18.3 Å². The van der Waals surface area contributed by atoms with E-state index in [0.29, 0.717) is 5.56 Å². The number of unbranched alkanes of at least 4 members (excludes halogenated alkanes) is 13. The average Bonchev–Trinajstić information content (AvgIpc) is 2.84. The molecule has 0 unspecified atom stereocenters. The summed E-state index contributed by atoms with van der Waals surface area (Å²) < 4.78 is 0. The van der Waals surface area contributed by atoms with Gasteiger partial charge >= 0.3 is 0 Å². The molecule has 182 valence electrons. The highest BCUT2D eigenvalue weighted by Crippen LogP contribution is 2.14. The predicted molar refractivity (Wildman–Crippen MR) is 140 cm³/mol. The Morgan fingerprint density at radius 2 is 1.38 bits per heavy atom. The first-order chi connectivity index (χ1) is 15.8. The van der Waals surface area contributed by atoms with Gasteiger partial charge in [0.1, 0.15) is 5.82 Å². The van der Waals surface area contributed by atoms with E-state index in [9.17, 15) is 4.79 Å². The van der Waals surface area contributed by atoms with Crippen molar-refractivity contribution in [2.24, 2.45) is 0 Å². The summed E-state index contributed by atoms with van der Waals surface area (Å²) in [4.78, 5) is 19.0. The molecule has 0 atom stereocenters. The summed E-state index contributed by atoms with van der Waals surface area (Å²) in [5, 5.41) is 7.54. The van der Waals surface area contributed by atoms with Crippen LogP contribution in [0.4, 0.5) is 5.82 Å². The minimum Gasteiger partial charge on any atom is -0.354 e. The van der Waals surface area contributed by atoms with E-state index in [1.165, 1.54) is 83.5 Å². The third-order valence-electron chi connectivity index (χ3n) is 6.30. The SMILES string of the molecule is O=C(NCCCCCCCCCCCCCCCCBr)c1ccc(N2CCNCC2)nc1. The largest absolute Gasteiger partial charge is 0.354 e. The van der Waals surface area contributed by atoms with Crippen LogP contribution in [0.25, 0.3) is 0 Å². The molecule has 1 amide bonds. The van der Waals surface area contributed by atoms with Crippen LogP contribution in [-0.4, -0.2) is 48.9 Å². The number of nitrogens with zero attached hydrogens (tertiary/aromatic N) is 2. The van der Waals surface area contributed by atoms with Crippen molar-refractivity contribution in [2.75, 3.05) is 43.0 Å². The molecule has 2 rings (SSSR count). The van der Waals surface area contributed by atoms with Crippen molar-refractivity contribution < 1.29 is 4.79 Å². The Morgan fingerprint density at radius 1 is 0.844 bits per heavy atom. The van der Waals surface area contributed by atoms with Gasteiger partial charge in [0.2, 0.25) is 0 Å². The fourth-order valence-corrected chi connectivity index (χ4v) is 4.64. The summed E-state index contributed by atoms with van der Waals surface area (Å²) in [5.41, 5.74) is 0.655. The van der Waals surface area contributed by atoms with Crippen LogP contribution in [0, 0.1) is 0 Å². The topological polar surface area (TPSA) is 57.3 Å². The van der Waals surface area contributed by atoms with Crippen LogP contribution in [0.3, 0.4) is 0 Å². The van der Waals surface area contributed by atoms with Crippen molar-refractivity contribution in [3.63, 3.8) is 0 Å². The van der Waals surface area contributed by atoms with Gasteiger partial charge in [0.05, 0.1) is 5.56 Å². The molecule has 0 aromatic carbocycles. The summed E-state index contributed by atoms with van der Waals surface area (Å²) in [6, 6.07) is 3.86. The molecule has 0 radical (unpaired) electrons. The minimum atomic E-state index is -0.00696. The highest BCUT2D eigenvalue weighted by molar-refractivity contribution is 9.09. The number of anilines is 1. The highest BCUT2D eigenvalue weighted by Gasteiger charge is 2.12. The lowest BCUT2D eigenvalue weighted by Gasteiger charge is -2.28. The Morgan fingerprint density at radius 3 is 1.88 bits per heavy atom. The molecule has 1 saturated heterocycles. The third-order valence-corrected chi connectivity index (χ3v) is 6.86. The molecule has 6 heteroatoms. The van der Waals surface area contributed by atoms with Crippen LogP contribution in [0.1, 0.15) is 100 Å². The normalized spacial score (nSPS) is 14.0. The van der Waals surface area contributed by atoms with E-state index in [0.717, 1.165) is 50.3 Å². The lowest BCUT2D eigenvalue weighted by Crippen LogP contribution is -2.43. The van der Waals surface area contributed by atoms with Gasteiger partial charge in [-0.15, -0.1) is 0 Å². The molecule has 1 aliphatic heterocycles. The van der Waals surface area contributed by atoms with E-state index >= 15 is 0 Å². The van der Waals surface area contributed by atoms with E-state index in [1.807, 2.05) is 12.1 Å². The second kappa shape index (κ2) is 18.3. The third kappa shape index (κ3) is 12.2. The van der Waals surface area contributed by atoms with Gasteiger partial charge in [-0.3, -0.25) is 4.79 Å². The smallest absolute Gasteiger partial charge is 0.252 e. The van der Waals surface area contributed by atoms with E-state index in [2.05, 4.69) is 36.4 Å². The standard InChI is InChI=1S/C26H45BrN4O/c27-17-13-11-9-7-5-3-1-2-4-6-8-10-12-14-18-29-26(32)24-15-16-25(30-23-24)31-21-19-28-20-22-31/h15-16,23,28H,1-14,17-22H2,(H,29,32). The zero-order valence-electron chi connectivity index (χ0n) is 20.1. The van der Waals surface area contributed by atoms with Crippen LogP contribution in [-0.2, 0) is 0 Å². The maximum absolute atomic E-state index is 12.3. The summed E-state index contributed by atoms with van der Waals surface area (Å²) in [6.07, 6.45) is 20.5. The molecule has 2 heterocycles. The summed E-state index contributed by atoms with van der Waals surface area (Å²) in [5.74, 6) is 0.955. The molecular formula is C26H45BrN4O. The van der Waals surface area contributed by atoms with Crippen molar-refractivity contribution in [1.29, 1.82) is 0 Å². The number of pyridine rings is 1. The lowest BCUT2D eigenvalue weighted by molar-refractivity contribution is 0.0952. The zero-order chi connectivity index (χ0) is 22.7. The maximum Gasteiger partial charge on any atom is 0.252 e. The second-order valence-corrected chi connectivity index (χ2v) is 9.83. The van der Waals surface area contributed by atoms with Gasteiger partial charge in [-0.2, -0.15) is 0 Å². The molecule has 1 fully saturated rings. The number of halogens is 1. The van der Waals surface area contributed by atoms with Crippen LogP contribution in [0.2, 0.25) is 0 Å². The number of hydrogen-bond acceptors (Lipinski definition) is 4. The molecule has 32 heavy (non-hydrogen) atoms. The Bertz CT molecular complexity index is 590. The van der Waals surface area contributed by atoms with Crippen molar-refractivity contribution >= 4 is 27.7 Å². The van der Waals surface area contributed by atoms with Crippen molar-refractivity contribution in [3.05, 3.63) is 23.9 Å². The molecular weight excluding hydrogens is 464 g/mol. The lowest BCUT2D eigenvalue weighted by atomic mass is 10.0. The maximum atomic E-state index is 12.3. The van der Waals surface area contributed by atoms with E-state index in [-0.39, 0.29) is 5.91 Å². The number of amides is 1. The van der Waals surface area contributed by atoms with Crippen LogP contribution in [0.5, 0.6) is 0 Å². The average molecular weight is 510 g/mol. The first-order valence-corrected chi connectivity index (χ1v) is 14.2. The van der Waals surface area contributed by atoms with Gasteiger partial charge in [0, 0.05) is 44.3 Å². The van der Waals surface area contributed by atoms with Crippen molar-refractivity contribution in [1.82, 2.24) is 15.6 Å². The van der Waals surface area contributed by atoms with Gasteiger partial charge < -0.3 is 15.5 Å². The fraction of sp³-hybridized carbons (Fsp3) is 0.769. The van der Waals surface area contributed by atoms with E-state index < -0.39 is 0 Å². The number of rotatable bonds is 18. The Labute approximate surface area is 204 Å². The molecule has 1 aromatic rings. The molecule has 0 aliphatic carbocycles. The molecule has 2 N–H and O–H groups in total. The Kier molecular flexibility index (Phi) is 15.5. The quantitative estimate of drug-likeness (QED) is 0.186. The van der Waals surface area contributed by atoms with Gasteiger partial charge in [-0.25, -0.2) is 4.98 Å². The van der Waals surface area contributed by atoms with Gasteiger partial charge in [0.15, 0.2) is 0 Å². The van der Waals surface area contributed by atoms with Crippen LogP contribution >= 0.6 is 15.9 Å². The highest BCUT2D eigenvalue weighted by atomic mass is 79.9. The first kappa shape index (κ1) is 27.1. The molecule has 1 aromatic heterocycles. The number of piperazine rings is 1. The number of carbonyl (C=O) groups is 1. The molecule has 1 aliphatic rings. The summed E-state index contributed by atoms with van der Waals surface area (Å²) >= 11 is 3.50. The van der Waals surface area contributed by atoms with E-state index in [1.54, 1.807) is 6.20 Å².